The molecule has 0 spiro atoms. The first-order valence-corrected chi connectivity index (χ1v) is 9.26. The summed E-state index contributed by atoms with van der Waals surface area (Å²) in [5, 5.41) is 10.1. The number of nitrogens with two attached hydrogens (primary N) is 1. The number of aromatic nitrogens is 2. The molecule has 128 valence electrons. The van der Waals surface area contributed by atoms with Gasteiger partial charge in [-0.3, -0.25) is 4.31 Å². The Bertz CT molecular complexity index is 1110. The van der Waals surface area contributed by atoms with Crippen LogP contribution in [0.2, 0.25) is 0 Å². The quantitative estimate of drug-likeness (QED) is 0.722. The summed E-state index contributed by atoms with van der Waals surface area (Å²) in [5.74, 6) is 0.335. The second kappa shape index (κ2) is 5.40. The molecular formula is C17H16N4O3S. The predicted octanol–water partition coefficient (Wildman–Crippen LogP) is 1.65. The molecule has 0 atom stereocenters. The van der Waals surface area contributed by atoms with Gasteiger partial charge >= 0.3 is 0 Å². The number of benzene rings is 1. The smallest absolute Gasteiger partial charge is 0.239 e. The number of aliphatic hydroxyl groups is 1. The van der Waals surface area contributed by atoms with Crippen LogP contribution in [0.3, 0.4) is 0 Å². The standard InChI is InChI=1S/C17H16N4O3S/c1-21-15-5-2-10(6-11(15)9-25(21,23)24)14-7-19-17(18)13-4-3-12(8-22)20-16(13)14/h2-7,22H,8-9H2,1H3,(H2,18,19). The second-order valence-corrected chi connectivity index (χ2v) is 7.98. The molecule has 0 saturated heterocycles. The third kappa shape index (κ3) is 2.41. The number of sulfonamides is 1. The summed E-state index contributed by atoms with van der Waals surface area (Å²) >= 11 is 0. The van der Waals surface area contributed by atoms with Crippen LogP contribution >= 0.6 is 0 Å². The molecule has 4 rings (SSSR count). The minimum atomic E-state index is -3.29. The maximum atomic E-state index is 12.1. The number of anilines is 2. The van der Waals surface area contributed by atoms with Gasteiger partial charge in [0, 0.05) is 24.2 Å². The van der Waals surface area contributed by atoms with Crippen LogP contribution in [0.4, 0.5) is 11.5 Å². The number of nitrogens with zero attached hydrogens (tertiary/aromatic N) is 3. The van der Waals surface area contributed by atoms with Gasteiger partial charge in [0.1, 0.15) is 5.82 Å². The summed E-state index contributed by atoms with van der Waals surface area (Å²) in [6, 6.07) is 8.96. The normalized spacial score (nSPS) is 15.5. The Hall–Kier alpha value is -2.71. The number of rotatable bonds is 2. The lowest BCUT2D eigenvalue weighted by Crippen LogP contribution is -2.20. The molecule has 1 aliphatic rings. The van der Waals surface area contributed by atoms with Crippen molar-refractivity contribution in [3.8, 4) is 11.1 Å². The zero-order chi connectivity index (χ0) is 17.8. The predicted molar refractivity (Wildman–Crippen MR) is 96.3 cm³/mol. The van der Waals surface area contributed by atoms with Crippen molar-refractivity contribution in [3.63, 3.8) is 0 Å². The minimum absolute atomic E-state index is 0.0255. The fourth-order valence-corrected chi connectivity index (χ4v) is 4.39. The molecule has 3 heterocycles. The van der Waals surface area contributed by atoms with Crippen molar-refractivity contribution < 1.29 is 13.5 Å². The highest BCUT2D eigenvalue weighted by Gasteiger charge is 2.30. The summed E-state index contributed by atoms with van der Waals surface area (Å²) in [6.07, 6.45) is 1.63. The van der Waals surface area contributed by atoms with E-state index in [-0.39, 0.29) is 12.4 Å². The Labute approximate surface area is 144 Å². The van der Waals surface area contributed by atoms with Crippen molar-refractivity contribution in [3.05, 3.63) is 47.8 Å². The number of nitrogen functional groups attached to an aromatic ring is 1. The van der Waals surface area contributed by atoms with Crippen LogP contribution < -0.4 is 10.0 Å². The topological polar surface area (TPSA) is 109 Å². The highest BCUT2D eigenvalue weighted by atomic mass is 32.2. The molecule has 3 N–H and O–H groups in total. The maximum absolute atomic E-state index is 12.1. The number of aliphatic hydroxyl groups excluding tert-OH is 1. The number of fused-ring (bicyclic) bond motifs is 2. The van der Waals surface area contributed by atoms with Crippen molar-refractivity contribution in [1.29, 1.82) is 0 Å². The molecule has 1 aliphatic heterocycles. The van der Waals surface area contributed by atoms with E-state index in [4.69, 9.17) is 5.73 Å². The van der Waals surface area contributed by atoms with Gasteiger partial charge in [-0.1, -0.05) is 6.07 Å². The van der Waals surface area contributed by atoms with E-state index in [2.05, 4.69) is 9.97 Å². The molecule has 25 heavy (non-hydrogen) atoms. The van der Waals surface area contributed by atoms with Crippen molar-refractivity contribution in [2.45, 2.75) is 12.4 Å². The van der Waals surface area contributed by atoms with Gasteiger partial charge in [0.05, 0.1) is 29.3 Å². The molecular weight excluding hydrogens is 340 g/mol. The summed E-state index contributed by atoms with van der Waals surface area (Å²) in [7, 11) is -1.74. The van der Waals surface area contributed by atoms with Gasteiger partial charge in [-0.15, -0.1) is 0 Å². The molecule has 0 aliphatic carbocycles. The Morgan fingerprint density at radius 3 is 2.84 bits per heavy atom. The average Bonchev–Trinajstić information content (AvgIpc) is 2.83. The minimum Gasteiger partial charge on any atom is -0.390 e. The largest absolute Gasteiger partial charge is 0.390 e. The molecule has 3 aromatic rings. The van der Waals surface area contributed by atoms with Crippen LogP contribution in [0.5, 0.6) is 0 Å². The van der Waals surface area contributed by atoms with Crippen LogP contribution in [0.15, 0.2) is 36.5 Å². The second-order valence-electron chi connectivity index (χ2n) is 5.98. The maximum Gasteiger partial charge on any atom is 0.239 e. The van der Waals surface area contributed by atoms with Crippen molar-refractivity contribution >= 4 is 32.4 Å². The molecule has 2 aromatic heterocycles. The Morgan fingerprint density at radius 1 is 1.28 bits per heavy atom. The molecule has 0 amide bonds. The van der Waals surface area contributed by atoms with Gasteiger partial charge in [0.15, 0.2) is 0 Å². The van der Waals surface area contributed by atoms with Crippen molar-refractivity contribution in [1.82, 2.24) is 9.97 Å². The molecule has 0 fully saturated rings. The lowest BCUT2D eigenvalue weighted by molar-refractivity contribution is 0.277. The van der Waals surface area contributed by atoms with Gasteiger partial charge in [-0.05, 0) is 35.4 Å². The van der Waals surface area contributed by atoms with E-state index in [1.807, 2.05) is 12.1 Å². The van der Waals surface area contributed by atoms with Crippen LogP contribution in [0.1, 0.15) is 11.3 Å². The summed E-state index contributed by atoms with van der Waals surface area (Å²) < 4.78 is 25.4. The lowest BCUT2D eigenvalue weighted by Gasteiger charge is -2.12. The van der Waals surface area contributed by atoms with E-state index in [0.717, 1.165) is 16.7 Å². The van der Waals surface area contributed by atoms with Crippen LogP contribution in [-0.4, -0.2) is 30.5 Å². The zero-order valence-corrected chi connectivity index (χ0v) is 14.3. The van der Waals surface area contributed by atoms with Crippen LogP contribution in [0.25, 0.3) is 22.0 Å². The highest BCUT2D eigenvalue weighted by Crippen LogP contribution is 2.37. The molecule has 7 nitrogen and oxygen atoms in total. The van der Waals surface area contributed by atoms with E-state index in [0.29, 0.717) is 28.1 Å². The van der Waals surface area contributed by atoms with E-state index >= 15 is 0 Å². The number of hydrogen-bond donors (Lipinski definition) is 2. The summed E-state index contributed by atoms with van der Waals surface area (Å²) in [5.41, 5.74) is 10.1. The first kappa shape index (κ1) is 15.8. The van der Waals surface area contributed by atoms with E-state index in [1.54, 1.807) is 31.4 Å². The lowest BCUT2D eigenvalue weighted by atomic mass is 10.0. The Morgan fingerprint density at radius 2 is 2.08 bits per heavy atom. The summed E-state index contributed by atoms with van der Waals surface area (Å²) in [6.45, 7) is -0.176. The first-order valence-electron chi connectivity index (χ1n) is 7.65. The van der Waals surface area contributed by atoms with Gasteiger partial charge in [-0.2, -0.15) is 0 Å². The van der Waals surface area contributed by atoms with Crippen molar-refractivity contribution in [2.75, 3.05) is 17.1 Å². The Balaban J connectivity index is 1.93. The number of pyridine rings is 2. The fourth-order valence-electron chi connectivity index (χ4n) is 3.09. The van der Waals surface area contributed by atoms with Gasteiger partial charge in [0.2, 0.25) is 10.0 Å². The third-order valence-corrected chi connectivity index (χ3v) is 6.17. The zero-order valence-electron chi connectivity index (χ0n) is 13.5. The molecule has 8 heteroatoms. The van der Waals surface area contributed by atoms with Crippen molar-refractivity contribution in [2.24, 2.45) is 0 Å². The molecule has 0 bridgehead atoms. The first-order chi connectivity index (χ1) is 11.9. The van der Waals surface area contributed by atoms with Gasteiger partial charge in [0.25, 0.3) is 0 Å². The average molecular weight is 356 g/mol. The highest BCUT2D eigenvalue weighted by molar-refractivity contribution is 7.92. The van der Waals surface area contributed by atoms with E-state index < -0.39 is 10.0 Å². The molecule has 0 radical (unpaired) electrons. The van der Waals surface area contributed by atoms with Crippen LogP contribution in [-0.2, 0) is 22.4 Å². The SMILES string of the molecule is CN1c2ccc(-c3cnc(N)c4ccc(CO)nc34)cc2CS1(=O)=O. The molecule has 1 aromatic carbocycles. The third-order valence-electron chi connectivity index (χ3n) is 4.46. The monoisotopic (exact) mass is 356 g/mol. The van der Waals surface area contributed by atoms with E-state index in [9.17, 15) is 13.5 Å². The number of hydrogen-bond acceptors (Lipinski definition) is 6. The molecule has 0 saturated carbocycles. The van der Waals surface area contributed by atoms with Gasteiger partial charge in [-0.25, -0.2) is 18.4 Å². The van der Waals surface area contributed by atoms with E-state index in [1.165, 1.54) is 4.31 Å². The fraction of sp³-hybridized carbons (Fsp3) is 0.176. The molecule has 0 unspecified atom stereocenters. The Kier molecular flexibility index (Phi) is 3.41. The van der Waals surface area contributed by atoms with Crippen LogP contribution in [0, 0.1) is 0 Å². The summed E-state index contributed by atoms with van der Waals surface area (Å²) in [4.78, 5) is 8.69. The van der Waals surface area contributed by atoms with Gasteiger partial charge < -0.3 is 10.8 Å².